The van der Waals surface area contributed by atoms with E-state index in [2.05, 4.69) is 15.3 Å². The number of fused-ring (bicyclic) bond motifs is 1. The van der Waals surface area contributed by atoms with Crippen molar-refractivity contribution in [1.29, 1.82) is 0 Å². The molecule has 0 spiro atoms. The zero-order chi connectivity index (χ0) is 22.0. The smallest absolute Gasteiger partial charge is 0.267 e. The van der Waals surface area contributed by atoms with Gasteiger partial charge in [0.1, 0.15) is 29.1 Å². The van der Waals surface area contributed by atoms with Crippen LogP contribution in [0, 0.1) is 0 Å². The summed E-state index contributed by atoms with van der Waals surface area (Å²) in [5.74, 6) is 1.69. The molecule has 1 aliphatic rings. The van der Waals surface area contributed by atoms with E-state index in [4.69, 9.17) is 25.7 Å². The van der Waals surface area contributed by atoms with Crippen molar-refractivity contribution in [3.05, 3.63) is 54.2 Å². The molecule has 31 heavy (non-hydrogen) atoms. The van der Waals surface area contributed by atoms with Crippen LogP contribution in [-0.4, -0.2) is 34.6 Å². The number of anilines is 1. The van der Waals surface area contributed by atoms with Crippen LogP contribution in [0.1, 0.15) is 17.4 Å². The van der Waals surface area contributed by atoms with Crippen LogP contribution in [0.25, 0.3) is 11.4 Å². The number of aromatic nitrogens is 2. The maximum Gasteiger partial charge on any atom is 0.267 e. The maximum atomic E-state index is 11.7. The van der Waals surface area contributed by atoms with Crippen molar-refractivity contribution in [2.24, 2.45) is 11.5 Å². The molecule has 10 nitrogen and oxygen atoms in total. The number of benzene rings is 2. The van der Waals surface area contributed by atoms with Crippen LogP contribution in [0.15, 0.2) is 48.5 Å². The third-order valence-corrected chi connectivity index (χ3v) is 4.46. The van der Waals surface area contributed by atoms with Crippen molar-refractivity contribution < 1.29 is 23.8 Å². The molecule has 0 radical (unpaired) electrons. The highest BCUT2D eigenvalue weighted by molar-refractivity contribution is 5.92. The van der Waals surface area contributed by atoms with Gasteiger partial charge in [0.25, 0.3) is 5.91 Å². The van der Waals surface area contributed by atoms with E-state index < -0.39 is 17.9 Å². The first-order chi connectivity index (χ1) is 14.9. The molecule has 1 unspecified atom stereocenters. The van der Waals surface area contributed by atoms with Crippen molar-refractivity contribution in [3.63, 3.8) is 0 Å². The minimum absolute atomic E-state index is 0.00450. The van der Waals surface area contributed by atoms with Crippen molar-refractivity contribution in [2.75, 3.05) is 12.1 Å². The van der Waals surface area contributed by atoms with Gasteiger partial charge in [0.05, 0.1) is 0 Å². The first-order valence-corrected chi connectivity index (χ1v) is 9.32. The molecular formula is C21H19N5O5. The summed E-state index contributed by atoms with van der Waals surface area (Å²) in [7, 11) is 0. The van der Waals surface area contributed by atoms with Crippen LogP contribution in [0.3, 0.4) is 0 Å². The molecule has 3 aromatic rings. The lowest BCUT2D eigenvalue weighted by Crippen LogP contribution is -2.33. The van der Waals surface area contributed by atoms with Gasteiger partial charge in [0.2, 0.25) is 12.7 Å². The number of ether oxygens (including phenoxy) is 3. The first-order valence-electron chi connectivity index (χ1n) is 9.32. The van der Waals surface area contributed by atoms with Gasteiger partial charge in [-0.1, -0.05) is 0 Å². The second-order valence-corrected chi connectivity index (χ2v) is 6.74. The highest BCUT2D eigenvalue weighted by Gasteiger charge is 2.16. The van der Waals surface area contributed by atoms with E-state index in [9.17, 15) is 9.59 Å². The molecule has 0 aliphatic carbocycles. The summed E-state index contributed by atoms with van der Waals surface area (Å²) in [5, 5.41) is 2.83. The van der Waals surface area contributed by atoms with Crippen LogP contribution in [-0.2, 0) is 4.79 Å². The molecule has 1 aliphatic heterocycles. The van der Waals surface area contributed by atoms with Crippen LogP contribution >= 0.6 is 0 Å². The molecule has 5 N–H and O–H groups in total. The molecule has 0 bridgehead atoms. The van der Waals surface area contributed by atoms with Crippen molar-refractivity contribution in [2.45, 2.75) is 13.0 Å². The van der Waals surface area contributed by atoms with Gasteiger partial charge in [-0.05, 0) is 43.3 Å². The summed E-state index contributed by atoms with van der Waals surface area (Å²) >= 11 is 0. The molecule has 1 aromatic heterocycles. The van der Waals surface area contributed by atoms with E-state index >= 15 is 0 Å². The maximum absolute atomic E-state index is 11.7. The van der Waals surface area contributed by atoms with E-state index in [1.165, 1.54) is 6.07 Å². The summed E-state index contributed by atoms with van der Waals surface area (Å²) in [6.07, 6.45) is 0. The average Bonchev–Trinajstić information content (AvgIpc) is 3.22. The molecule has 0 saturated carbocycles. The van der Waals surface area contributed by atoms with Crippen LogP contribution < -0.4 is 31.0 Å². The first kappa shape index (κ1) is 20.0. The molecule has 2 amide bonds. The molecule has 0 fully saturated rings. The quantitative estimate of drug-likeness (QED) is 0.524. The normalized spacial score (nSPS) is 12.8. The Hall–Kier alpha value is -4.34. The Morgan fingerprint density at radius 2 is 1.71 bits per heavy atom. The van der Waals surface area contributed by atoms with Crippen LogP contribution in [0.4, 0.5) is 5.82 Å². The summed E-state index contributed by atoms with van der Waals surface area (Å²) in [4.78, 5) is 31.5. The van der Waals surface area contributed by atoms with Gasteiger partial charge in [-0.3, -0.25) is 9.59 Å². The average molecular weight is 421 g/mol. The number of nitrogens with two attached hydrogens (primary N) is 2. The molecule has 4 rings (SSSR count). The van der Waals surface area contributed by atoms with Crippen molar-refractivity contribution in [1.82, 2.24) is 9.97 Å². The number of nitrogens with one attached hydrogen (secondary N) is 1. The third kappa shape index (κ3) is 4.47. The number of nitrogens with zero attached hydrogens (tertiary/aromatic N) is 2. The Balaban J connectivity index is 1.57. The van der Waals surface area contributed by atoms with Gasteiger partial charge in [-0.25, -0.2) is 9.97 Å². The lowest BCUT2D eigenvalue weighted by Gasteiger charge is -2.13. The fourth-order valence-corrected chi connectivity index (χ4v) is 2.82. The Bertz CT molecular complexity index is 1150. The minimum Gasteiger partial charge on any atom is -0.457 e. The molecule has 2 heterocycles. The Morgan fingerprint density at radius 1 is 1.00 bits per heavy atom. The molecular weight excluding hydrogens is 402 g/mol. The van der Waals surface area contributed by atoms with Crippen LogP contribution in [0.5, 0.6) is 23.0 Å². The van der Waals surface area contributed by atoms with Gasteiger partial charge in [0.15, 0.2) is 17.3 Å². The molecule has 2 aromatic carbocycles. The van der Waals surface area contributed by atoms with Gasteiger partial charge in [-0.2, -0.15) is 0 Å². The summed E-state index contributed by atoms with van der Waals surface area (Å²) in [5.41, 5.74) is 11.3. The van der Waals surface area contributed by atoms with Gasteiger partial charge in [-0.15, -0.1) is 0 Å². The number of hydrogen-bond acceptors (Lipinski definition) is 8. The predicted octanol–water partition coefficient (Wildman–Crippen LogP) is 2.05. The predicted molar refractivity (Wildman–Crippen MR) is 111 cm³/mol. The Morgan fingerprint density at radius 3 is 2.42 bits per heavy atom. The van der Waals surface area contributed by atoms with Gasteiger partial charge < -0.3 is 31.0 Å². The van der Waals surface area contributed by atoms with Crippen molar-refractivity contribution in [3.8, 4) is 34.4 Å². The van der Waals surface area contributed by atoms with E-state index in [0.717, 1.165) is 0 Å². The zero-order valence-corrected chi connectivity index (χ0v) is 16.5. The highest BCUT2D eigenvalue weighted by atomic mass is 16.7. The standard InChI is InChI=1S/C21H19N5O5/c1-11(19(22)27)24-18-9-15(20(23)28)25-21(26-18)12-2-4-13(5-3-12)31-14-6-7-16-17(8-14)30-10-29-16/h2-9,11H,10H2,1H3,(H2,22,27)(H2,23,28)(H,24,25,26). The number of primary amides is 2. The lowest BCUT2D eigenvalue weighted by molar-refractivity contribution is -0.118. The number of rotatable bonds is 7. The fourth-order valence-electron chi connectivity index (χ4n) is 2.82. The second-order valence-electron chi connectivity index (χ2n) is 6.74. The fraction of sp³-hybridized carbons (Fsp3) is 0.143. The Labute approximate surface area is 177 Å². The molecule has 10 heteroatoms. The van der Waals surface area contributed by atoms with Crippen LogP contribution in [0.2, 0.25) is 0 Å². The van der Waals surface area contributed by atoms with Gasteiger partial charge >= 0.3 is 0 Å². The summed E-state index contributed by atoms with van der Waals surface area (Å²) in [6, 6.07) is 12.9. The monoisotopic (exact) mass is 421 g/mol. The largest absolute Gasteiger partial charge is 0.457 e. The number of amides is 2. The van der Waals surface area contributed by atoms with Gasteiger partial charge in [0, 0.05) is 17.7 Å². The van der Waals surface area contributed by atoms with Crippen molar-refractivity contribution >= 4 is 17.6 Å². The zero-order valence-electron chi connectivity index (χ0n) is 16.5. The summed E-state index contributed by atoms with van der Waals surface area (Å²) < 4.78 is 16.5. The minimum atomic E-state index is -0.721. The number of carbonyl (C=O) groups excluding carboxylic acids is 2. The number of carbonyl (C=O) groups is 2. The SMILES string of the molecule is CC(Nc1cc(C(N)=O)nc(-c2ccc(Oc3ccc4c(c3)OCO4)cc2)n1)C(N)=O. The molecule has 1 atom stereocenters. The lowest BCUT2D eigenvalue weighted by atomic mass is 10.2. The van der Waals surface area contributed by atoms with E-state index in [1.54, 1.807) is 49.4 Å². The molecule has 0 saturated heterocycles. The van der Waals surface area contributed by atoms with E-state index in [1.807, 2.05) is 0 Å². The van der Waals surface area contributed by atoms with E-state index in [0.29, 0.717) is 28.6 Å². The third-order valence-electron chi connectivity index (χ3n) is 4.46. The second kappa shape index (κ2) is 8.19. The topological polar surface area (TPSA) is 152 Å². The molecule has 158 valence electrons. The number of hydrogen-bond donors (Lipinski definition) is 3. The Kier molecular flexibility index (Phi) is 5.27. The summed E-state index contributed by atoms with van der Waals surface area (Å²) in [6.45, 7) is 1.77. The van der Waals surface area contributed by atoms with E-state index in [-0.39, 0.29) is 24.1 Å². The highest BCUT2D eigenvalue weighted by Crippen LogP contribution is 2.36.